The van der Waals surface area contributed by atoms with Crippen LogP contribution < -0.4 is 10.5 Å². The number of sulfonamides is 1. The molecule has 0 bridgehead atoms. The van der Waals surface area contributed by atoms with E-state index in [2.05, 4.69) is 10.6 Å². The molecule has 0 heterocycles. The Morgan fingerprint density at radius 1 is 1.20 bits per heavy atom. The van der Waals surface area contributed by atoms with Gasteiger partial charge in [0, 0.05) is 11.3 Å². The molecule has 0 aliphatic heterocycles. The SMILES string of the molecule is C#Cc1cccc(NS(=O)(=O)c2cc(C)cc(N)c2)c1. The zero-order chi connectivity index (χ0) is 14.8. The number of hydrogen-bond donors (Lipinski definition) is 2. The molecule has 4 nitrogen and oxygen atoms in total. The third-order valence-electron chi connectivity index (χ3n) is 2.66. The third kappa shape index (κ3) is 3.11. The van der Waals surface area contributed by atoms with Crippen LogP contribution in [0.5, 0.6) is 0 Å². The summed E-state index contributed by atoms with van der Waals surface area (Å²) in [5, 5.41) is 0. The molecule has 0 aromatic heterocycles. The largest absolute Gasteiger partial charge is 0.399 e. The molecule has 0 amide bonds. The van der Waals surface area contributed by atoms with Crippen molar-refractivity contribution in [2.24, 2.45) is 0 Å². The molecule has 102 valence electrons. The van der Waals surface area contributed by atoms with Gasteiger partial charge in [0.15, 0.2) is 0 Å². The van der Waals surface area contributed by atoms with E-state index in [1.807, 2.05) is 0 Å². The highest BCUT2D eigenvalue weighted by Gasteiger charge is 2.15. The van der Waals surface area contributed by atoms with E-state index in [0.29, 0.717) is 16.9 Å². The fraction of sp³-hybridized carbons (Fsp3) is 0.0667. The number of aryl methyl sites for hydroxylation is 1. The van der Waals surface area contributed by atoms with Crippen molar-refractivity contribution in [1.82, 2.24) is 0 Å². The van der Waals surface area contributed by atoms with Crippen LogP contribution in [0.2, 0.25) is 0 Å². The Morgan fingerprint density at radius 2 is 1.95 bits per heavy atom. The molecule has 20 heavy (non-hydrogen) atoms. The van der Waals surface area contributed by atoms with Crippen LogP contribution in [-0.4, -0.2) is 8.42 Å². The first-order valence-electron chi connectivity index (χ1n) is 5.87. The maximum Gasteiger partial charge on any atom is 0.261 e. The van der Waals surface area contributed by atoms with Crippen LogP contribution in [0.1, 0.15) is 11.1 Å². The number of nitrogens with one attached hydrogen (secondary N) is 1. The summed E-state index contributed by atoms with van der Waals surface area (Å²) in [7, 11) is -3.68. The van der Waals surface area contributed by atoms with Crippen molar-refractivity contribution >= 4 is 21.4 Å². The highest BCUT2D eigenvalue weighted by molar-refractivity contribution is 7.92. The summed E-state index contributed by atoms with van der Waals surface area (Å²) in [5.41, 5.74) is 7.88. The van der Waals surface area contributed by atoms with Gasteiger partial charge in [-0.25, -0.2) is 8.42 Å². The predicted molar refractivity (Wildman–Crippen MR) is 80.8 cm³/mol. The summed E-state index contributed by atoms with van der Waals surface area (Å²) < 4.78 is 27.1. The molecule has 0 atom stereocenters. The van der Waals surface area contributed by atoms with Crippen LogP contribution in [0.3, 0.4) is 0 Å². The van der Waals surface area contributed by atoms with Crippen LogP contribution in [0, 0.1) is 19.3 Å². The van der Waals surface area contributed by atoms with Crippen molar-refractivity contribution in [3.05, 3.63) is 53.6 Å². The number of terminal acetylenes is 1. The Balaban J connectivity index is 2.38. The van der Waals surface area contributed by atoms with Gasteiger partial charge in [0.1, 0.15) is 0 Å². The van der Waals surface area contributed by atoms with Gasteiger partial charge in [0.2, 0.25) is 0 Å². The van der Waals surface area contributed by atoms with Crippen LogP contribution in [0.4, 0.5) is 11.4 Å². The maximum absolute atomic E-state index is 12.3. The molecule has 2 aromatic rings. The van der Waals surface area contributed by atoms with Crippen molar-refractivity contribution in [3.8, 4) is 12.3 Å². The van der Waals surface area contributed by atoms with E-state index in [0.717, 1.165) is 5.56 Å². The van der Waals surface area contributed by atoms with E-state index in [4.69, 9.17) is 12.2 Å². The molecule has 0 spiro atoms. The fourth-order valence-corrected chi connectivity index (χ4v) is 3.01. The average Bonchev–Trinajstić information content (AvgIpc) is 2.37. The lowest BCUT2D eigenvalue weighted by Crippen LogP contribution is -2.13. The summed E-state index contributed by atoms with van der Waals surface area (Å²) in [6, 6.07) is 11.3. The number of nitrogens with two attached hydrogens (primary N) is 1. The second-order valence-electron chi connectivity index (χ2n) is 4.41. The van der Waals surface area contributed by atoms with Crippen LogP contribution in [0.25, 0.3) is 0 Å². The van der Waals surface area contributed by atoms with E-state index in [1.165, 1.54) is 6.07 Å². The Labute approximate surface area is 118 Å². The lowest BCUT2D eigenvalue weighted by Gasteiger charge is -2.10. The summed E-state index contributed by atoms with van der Waals surface area (Å²) in [6.45, 7) is 1.79. The molecule has 0 unspecified atom stereocenters. The first kappa shape index (κ1) is 14.0. The van der Waals surface area contributed by atoms with Gasteiger partial charge in [-0.15, -0.1) is 6.42 Å². The summed E-state index contributed by atoms with van der Waals surface area (Å²) in [4.78, 5) is 0.126. The van der Waals surface area contributed by atoms with Crippen molar-refractivity contribution in [2.45, 2.75) is 11.8 Å². The topological polar surface area (TPSA) is 72.2 Å². The second-order valence-corrected chi connectivity index (χ2v) is 6.09. The number of benzene rings is 2. The van der Waals surface area contributed by atoms with Gasteiger partial charge in [-0.2, -0.15) is 0 Å². The molecule has 0 saturated heterocycles. The predicted octanol–water partition coefficient (Wildman–Crippen LogP) is 2.36. The van der Waals surface area contributed by atoms with Gasteiger partial charge in [-0.05, 0) is 48.9 Å². The Hall–Kier alpha value is -2.45. The first-order valence-corrected chi connectivity index (χ1v) is 7.36. The molecule has 0 aliphatic rings. The minimum absolute atomic E-state index is 0.126. The molecule has 0 fully saturated rings. The third-order valence-corrected chi connectivity index (χ3v) is 4.03. The first-order chi connectivity index (χ1) is 9.40. The quantitative estimate of drug-likeness (QED) is 0.672. The van der Waals surface area contributed by atoms with Gasteiger partial charge in [0.05, 0.1) is 10.6 Å². The molecule has 3 N–H and O–H groups in total. The van der Waals surface area contributed by atoms with Gasteiger partial charge >= 0.3 is 0 Å². The Kier molecular flexibility index (Phi) is 3.68. The lowest BCUT2D eigenvalue weighted by molar-refractivity contribution is 0.601. The van der Waals surface area contributed by atoms with Gasteiger partial charge in [0.25, 0.3) is 10.0 Å². The normalized spacial score (nSPS) is 10.8. The van der Waals surface area contributed by atoms with Crippen molar-refractivity contribution < 1.29 is 8.42 Å². The minimum atomic E-state index is -3.68. The molecule has 0 radical (unpaired) electrons. The van der Waals surface area contributed by atoms with Gasteiger partial charge < -0.3 is 5.73 Å². The standard InChI is InChI=1S/C15H14N2O2S/c1-3-12-5-4-6-14(9-12)17-20(18,19)15-8-11(2)7-13(16)10-15/h1,4-10,17H,16H2,2H3. The zero-order valence-electron chi connectivity index (χ0n) is 10.9. The Morgan fingerprint density at radius 3 is 2.60 bits per heavy atom. The van der Waals surface area contributed by atoms with Crippen LogP contribution >= 0.6 is 0 Å². The molecular weight excluding hydrogens is 272 g/mol. The number of rotatable bonds is 3. The highest BCUT2D eigenvalue weighted by atomic mass is 32.2. The van der Waals surface area contributed by atoms with E-state index in [9.17, 15) is 8.42 Å². The highest BCUT2D eigenvalue weighted by Crippen LogP contribution is 2.20. The molecule has 5 heteroatoms. The summed E-state index contributed by atoms with van der Waals surface area (Å²) in [5.74, 6) is 2.46. The number of nitrogen functional groups attached to an aromatic ring is 1. The molecule has 0 aliphatic carbocycles. The fourth-order valence-electron chi connectivity index (χ4n) is 1.82. The lowest BCUT2D eigenvalue weighted by atomic mass is 10.2. The maximum atomic E-state index is 12.3. The zero-order valence-corrected chi connectivity index (χ0v) is 11.7. The molecular formula is C15H14N2O2S. The Bertz CT molecular complexity index is 770. The molecule has 2 aromatic carbocycles. The molecule has 0 saturated carbocycles. The number of hydrogen-bond acceptors (Lipinski definition) is 3. The monoisotopic (exact) mass is 286 g/mol. The van der Waals surface area contributed by atoms with Gasteiger partial charge in [-0.1, -0.05) is 12.0 Å². The molecule has 2 rings (SSSR count). The van der Waals surface area contributed by atoms with E-state index in [1.54, 1.807) is 43.3 Å². The van der Waals surface area contributed by atoms with Crippen LogP contribution in [-0.2, 0) is 10.0 Å². The van der Waals surface area contributed by atoms with Crippen molar-refractivity contribution in [3.63, 3.8) is 0 Å². The second kappa shape index (κ2) is 5.27. The van der Waals surface area contributed by atoms with Crippen molar-refractivity contribution in [1.29, 1.82) is 0 Å². The average molecular weight is 286 g/mol. The summed E-state index contributed by atoms with van der Waals surface area (Å²) >= 11 is 0. The van der Waals surface area contributed by atoms with E-state index >= 15 is 0 Å². The van der Waals surface area contributed by atoms with Crippen molar-refractivity contribution in [2.75, 3.05) is 10.5 Å². The van der Waals surface area contributed by atoms with E-state index < -0.39 is 10.0 Å². The number of anilines is 2. The smallest absolute Gasteiger partial charge is 0.261 e. The minimum Gasteiger partial charge on any atom is -0.399 e. The van der Waals surface area contributed by atoms with E-state index in [-0.39, 0.29) is 4.90 Å². The summed E-state index contributed by atoms with van der Waals surface area (Å²) in [6.07, 6.45) is 5.29. The van der Waals surface area contributed by atoms with Crippen LogP contribution in [0.15, 0.2) is 47.4 Å². The van der Waals surface area contributed by atoms with Gasteiger partial charge in [-0.3, -0.25) is 4.72 Å².